The van der Waals surface area contributed by atoms with Crippen molar-refractivity contribution in [3.63, 3.8) is 0 Å². The van der Waals surface area contributed by atoms with E-state index in [2.05, 4.69) is 15.6 Å². The summed E-state index contributed by atoms with van der Waals surface area (Å²) < 4.78 is 5.53. The summed E-state index contributed by atoms with van der Waals surface area (Å²) in [6.07, 6.45) is 1.71. The van der Waals surface area contributed by atoms with Crippen LogP contribution in [0.25, 0.3) is 0 Å². The quantitative estimate of drug-likeness (QED) is 0.750. The molecule has 0 aromatic carbocycles. The number of hydrogen-bond donors (Lipinski definition) is 3. The molecule has 0 bridgehead atoms. The Morgan fingerprint density at radius 3 is 3.00 bits per heavy atom. The molecule has 0 saturated carbocycles. The lowest BCUT2D eigenvalue weighted by molar-refractivity contribution is 0.0371. The molecule has 0 aliphatic carbocycles. The number of nitrogens with zero attached hydrogens (tertiary/aromatic N) is 1. The maximum Gasteiger partial charge on any atom is 0.252 e. The van der Waals surface area contributed by atoms with E-state index < -0.39 is 5.91 Å². The van der Waals surface area contributed by atoms with Gasteiger partial charge in [-0.1, -0.05) is 0 Å². The Balaban J connectivity index is 0.00000162. The number of nitrogens with two attached hydrogens (primary N) is 1. The van der Waals surface area contributed by atoms with Gasteiger partial charge in [0, 0.05) is 25.8 Å². The number of rotatable bonds is 4. The van der Waals surface area contributed by atoms with E-state index in [9.17, 15) is 4.79 Å². The van der Waals surface area contributed by atoms with Gasteiger partial charge in [0.1, 0.15) is 5.82 Å². The summed E-state index contributed by atoms with van der Waals surface area (Å²) in [7, 11) is 0. The predicted octanol–water partition coefficient (Wildman–Crippen LogP) is 0.424. The van der Waals surface area contributed by atoms with Crippen molar-refractivity contribution in [1.82, 2.24) is 10.3 Å². The van der Waals surface area contributed by atoms with Crippen LogP contribution in [0.15, 0.2) is 18.3 Å². The van der Waals surface area contributed by atoms with Crippen molar-refractivity contribution in [2.45, 2.75) is 6.10 Å². The average molecular weight is 309 g/mol. The van der Waals surface area contributed by atoms with E-state index >= 15 is 0 Å². The van der Waals surface area contributed by atoms with Gasteiger partial charge < -0.3 is 21.1 Å². The summed E-state index contributed by atoms with van der Waals surface area (Å²) in [6.45, 7) is 2.99. The number of hydrogen-bond acceptors (Lipinski definition) is 5. The number of carbonyl (C=O) groups excluding carboxylic acids is 1. The Bertz CT molecular complexity index is 400. The van der Waals surface area contributed by atoms with Crippen LogP contribution < -0.4 is 16.4 Å². The first kappa shape index (κ1) is 17.9. The van der Waals surface area contributed by atoms with Crippen molar-refractivity contribution in [3.05, 3.63) is 23.9 Å². The first-order chi connectivity index (χ1) is 8.27. The molecule has 1 saturated heterocycles. The van der Waals surface area contributed by atoms with Crippen LogP contribution in [0.5, 0.6) is 0 Å². The second kappa shape index (κ2) is 8.92. The van der Waals surface area contributed by atoms with Gasteiger partial charge in [-0.05, 0) is 12.1 Å². The van der Waals surface area contributed by atoms with E-state index in [-0.39, 0.29) is 30.9 Å². The highest BCUT2D eigenvalue weighted by Crippen LogP contribution is 2.10. The number of nitrogens with one attached hydrogen (secondary N) is 2. The van der Waals surface area contributed by atoms with E-state index in [0.717, 1.165) is 13.1 Å². The third-order valence-corrected chi connectivity index (χ3v) is 2.57. The summed E-state index contributed by atoms with van der Waals surface area (Å²) in [4.78, 5) is 15.3. The molecule has 0 spiro atoms. The lowest BCUT2D eigenvalue weighted by Gasteiger charge is -2.24. The van der Waals surface area contributed by atoms with Crippen LogP contribution in [-0.2, 0) is 4.74 Å². The fraction of sp³-hybridized carbons (Fsp3) is 0.455. The Morgan fingerprint density at radius 2 is 2.37 bits per heavy atom. The van der Waals surface area contributed by atoms with E-state index in [1.54, 1.807) is 18.3 Å². The Labute approximate surface area is 124 Å². The maximum absolute atomic E-state index is 11.2. The number of pyridine rings is 1. The van der Waals surface area contributed by atoms with Crippen molar-refractivity contribution in [1.29, 1.82) is 0 Å². The monoisotopic (exact) mass is 308 g/mol. The molecule has 2 heterocycles. The van der Waals surface area contributed by atoms with Gasteiger partial charge >= 0.3 is 0 Å². The number of morpholine rings is 1. The molecule has 1 aromatic heterocycles. The van der Waals surface area contributed by atoms with Gasteiger partial charge in [-0.15, -0.1) is 24.8 Å². The van der Waals surface area contributed by atoms with Crippen molar-refractivity contribution in [3.8, 4) is 0 Å². The van der Waals surface area contributed by atoms with Crippen LogP contribution in [0.4, 0.5) is 5.82 Å². The van der Waals surface area contributed by atoms with Crippen molar-refractivity contribution in [2.24, 2.45) is 5.73 Å². The SMILES string of the molecule is Cl.Cl.NC(=O)c1cccnc1NCC1CNCCO1. The number of aromatic nitrogens is 1. The van der Waals surface area contributed by atoms with Gasteiger partial charge in [-0.25, -0.2) is 4.98 Å². The minimum Gasteiger partial charge on any atom is -0.374 e. The highest BCUT2D eigenvalue weighted by molar-refractivity contribution is 5.97. The van der Waals surface area contributed by atoms with E-state index in [4.69, 9.17) is 10.5 Å². The number of anilines is 1. The van der Waals surface area contributed by atoms with Gasteiger partial charge in [0.2, 0.25) is 0 Å². The average Bonchev–Trinajstić information content (AvgIpc) is 2.38. The fourth-order valence-electron chi connectivity index (χ4n) is 1.71. The van der Waals surface area contributed by atoms with Crippen LogP contribution >= 0.6 is 24.8 Å². The van der Waals surface area contributed by atoms with Gasteiger partial charge in [0.15, 0.2) is 0 Å². The molecule has 6 nitrogen and oxygen atoms in total. The largest absolute Gasteiger partial charge is 0.374 e. The summed E-state index contributed by atoms with van der Waals surface area (Å²) in [5, 5.41) is 6.32. The smallest absolute Gasteiger partial charge is 0.252 e. The van der Waals surface area contributed by atoms with Crippen molar-refractivity contribution >= 4 is 36.5 Å². The third-order valence-electron chi connectivity index (χ3n) is 2.57. The number of carbonyl (C=O) groups is 1. The summed E-state index contributed by atoms with van der Waals surface area (Å²) in [5.74, 6) is 0.0254. The number of primary amides is 1. The molecule has 108 valence electrons. The normalized spacial score (nSPS) is 17.8. The molecule has 4 N–H and O–H groups in total. The molecule has 1 fully saturated rings. The molecule has 1 amide bonds. The number of amides is 1. The summed E-state index contributed by atoms with van der Waals surface area (Å²) in [5.41, 5.74) is 5.66. The second-order valence-corrected chi connectivity index (χ2v) is 3.84. The molecule has 2 rings (SSSR count). The van der Waals surface area contributed by atoms with Crippen LogP contribution in [-0.4, -0.2) is 43.2 Å². The first-order valence-corrected chi connectivity index (χ1v) is 5.58. The minimum absolute atomic E-state index is 0. The van der Waals surface area contributed by atoms with Crippen LogP contribution in [0, 0.1) is 0 Å². The van der Waals surface area contributed by atoms with Crippen molar-refractivity contribution < 1.29 is 9.53 Å². The van der Waals surface area contributed by atoms with E-state index in [0.29, 0.717) is 24.5 Å². The molecule has 1 aliphatic heterocycles. The maximum atomic E-state index is 11.2. The molecule has 8 heteroatoms. The van der Waals surface area contributed by atoms with Gasteiger partial charge in [0.05, 0.1) is 18.3 Å². The molecule has 1 aromatic rings. The van der Waals surface area contributed by atoms with Gasteiger partial charge in [-0.2, -0.15) is 0 Å². The zero-order chi connectivity index (χ0) is 12.1. The summed E-state index contributed by atoms with van der Waals surface area (Å²) in [6, 6.07) is 3.33. The van der Waals surface area contributed by atoms with Crippen LogP contribution in [0.2, 0.25) is 0 Å². The second-order valence-electron chi connectivity index (χ2n) is 3.84. The zero-order valence-corrected chi connectivity index (χ0v) is 11.9. The van der Waals surface area contributed by atoms with Crippen LogP contribution in [0.3, 0.4) is 0 Å². The first-order valence-electron chi connectivity index (χ1n) is 5.58. The van der Waals surface area contributed by atoms with E-state index in [1.165, 1.54) is 0 Å². The standard InChI is InChI=1S/C11H16N4O2.2ClH/c12-10(16)9-2-1-3-14-11(9)15-7-8-6-13-4-5-17-8;;/h1-3,8,13H,4-7H2,(H2,12,16)(H,14,15);2*1H. The minimum atomic E-state index is -0.483. The molecule has 1 atom stereocenters. The van der Waals surface area contributed by atoms with Gasteiger partial charge in [0.25, 0.3) is 5.91 Å². The molecular weight excluding hydrogens is 291 g/mol. The van der Waals surface area contributed by atoms with E-state index in [1.807, 2.05) is 0 Å². The highest BCUT2D eigenvalue weighted by Gasteiger charge is 2.14. The van der Waals surface area contributed by atoms with Crippen molar-refractivity contribution in [2.75, 3.05) is 31.6 Å². The number of halogens is 2. The fourth-order valence-corrected chi connectivity index (χ4v) is 1.71. The zero-order valence-electron chi connectivity index (χ0n) is 10.3. The molecule has 1 aliphatic rings. The summed E-state index contributed by atoms with van der Waals surface area (Å²) >= 11 is 0. The lowest BCUT2D eigenvalue weighted by Crippen LogP contribution is -2.42. The highest BCUT2D eigenvalue weighted by atomic mass is 35.5. The lowest BCUT2D eigenvalue weighted by atomic mass is 10.2. The topological polar surface area (TPSA) is 89.3 Å². The third kappa shape index (κ3) is 5.20. The van der Waals surface area contributed by atoms with Crippen LogP contribution in [0.1, 0.15) is 10.4 Å². The Hall–Kier alpha value is -1.08. The Kier molecular flexibility index (Phi) is 8.42. The Morgan fingerprint density at radius 1 is 1.58 bits per heavy atom. The predicted molar refractivity (Wildman–Crippen MR) is 78.4 cm³/mol. The number of ether oxygens (including phenoxy) is 1. The molecule has 0 radical (unpaired) electrons. The van der Waals surface area contributed by atoms with Gasteiger partial charge in [-0.3, -0.25) is 4.79 Å². The molecular formula is C11H18Cl2N4O2. The molecule has 1 unspecified atom stereocenters. The molecule has 19 heavy (non-hydrogen) atoms.